The summed E-state index contributed by atoms with van der Waals surface area (Å²) in [7, 11) is 0. The van der Waals surface area contributed by atoms with Crippen LogP contribution in [-0.4, -0.2) is 16.2 Å². The zero-order chi connectivity index (χ0) is 15.1. The standard InChI is InChI=1S/C17H21N3O/c1-4-7-14-8-5-6-9-16(14)21-17-11-10-15(19-20-17)12-18-13(2)3/h4-11,13,18H,12H2,1-3H3. The van der Waals surface area contributed by atoms with Crippen molar-refractivity contribution in [2.24, 2.45) is 0 Å². The molecular weight excluding hydrogens is 262 g/mol. The third kappa shape index (κ3) is 4.68. The highest BCUT2D eigenvalue weighted by atomic mass is 16.5. The van der Waals surface area contributed by atoms with Crippen molar-refractivity contribution in [2.45, 2.75) is 33.4 Å². The molecule has 21 heavy (non-hydrogen) atoms. The molecule has 2 rings (SSSR count). The Morgan fingerprint density at radius 3 is 2.62 bits per heavy atom. The summed E-state index contributed by atoms with van der Waals surface area (Å²) in [6, 6.07) is 12.0. The third-order valence-corrected chi connectivity index (χ3v) is 2.87. The van der Waals surface area contributed by atoms with Crippen molar-refractivity contribution in [3.8, 4) is 11.6 Å². The summed E-state index contributed by atoms with van der Waals surface area (Å²) < 4.78 is 5.80. The van der Waals surface area contributed by atoms with E-state index in [9.17, 15) is 0 Å². The normalized spacial score (nSPS) is 11.2. The Balaban J connectivity index is 2.07. The molecule has 2 aromatic rings. The number of nitrogens with zero attached hydrogens (tertiary/aromatic N) is 2. The van der Waals surface area contributed by atoms with Gasteiger partial charge in [0.25, 0.3) is 0 Å². The molecule has 0 radical (unpaired) electrons. The van der Waals surface area contributed by atoms with Crippen LogP contribution in [0.25, 0.3) is 6.08 Å². The molecule has 0 saturated heterocycles. The zero-order valence-electron chi connectivity index (χ0n) is 12.7. The number of hydrogen-bond donors (Lipinski definition) is 1. The van der Waals surface area contributed by atoms with Crippen LogP contribution in [0.2, 0.25) is 0 Å². The topological polar surface area (TPSA) is 47.0 Å². The van der Waals surface area contributed by atoms with Crippen LogP contribution in [-0.2, 0) is 6.54 Å². The molecule has 0 atom stereocenters. The first-order chi connectivity index (χ1) is 10.2. The third-order valence-electron chi connectivity index (χ3n) is 2.87. The molecule has 1 heterocycles. The van der Waals surface area contributed by atoms with Crippen molar-refractivity contribution in [3.63, 3.8) is 0 Å². The number of aromatic nitrogens is 2. The molecule has 0 aliphatic rings. The van der Waals surface area contributed by atoms with Gasteiger partial charge < -0.3 is 10.1 Å². The highest BCUT2D eigenvalue weighted by Crippen LogP contribution is 2.24. The fraction of sp³-hybridized carbons (Fsp3) is 0.294. The molecule has 110 valence electrons. The van der Waals surface area contributed by atoms with Gasteiger partial charge in [0.15, 0.2) is 0 Å². The van der Waals surface area contributed by atoms with E-state index in [-0.39, 0.29) is 0 Å². The minimum absolute atomic E-state index is 0.426. The van der Waals surface area contributed by atoms with Crippen molar-refractivity contribution >= 4 is 6.08 Å². The van der Waals surface area contributed by atoms with E-state index < -0.39 is 0 Å². The summed E-state index contributed by atoms with van der Waals surface area (Å²) >= 11 is 0. The molecule has 0 aliphatic carbocycles. The number of ether oxygens (including phenoxy) is 1. The lowest BCUT2D eigenvalue weighted by atomic mass is 10.2. The number of hydrogen-bond acceptors (Lipinski definition) is 4. The van der Waals surface area contributed by atoms with Gasteiger partial charge in [-0.05, 0) is 19.1 Å². The van der Waals surface area contributed by atoms with E-state index >= 15 is 0 Å². The largest absolute Gasteiger partial charge is 0.437 e. The Hall–Kier alpha value is -2.20. The number of rotatable bonds is 6. The lowest BCUT2D eigenvalue weighted by Gasteiger charge is -2.09. The van der Waals surface area contributed by atoms with Crippen LogP contribution in [0.15, 0.2) is 42.5 Å². The van der Waals surface area contributed by atoms with Crippen LogP contribution < -0.4 is 10.1 Å². The van der Waals surface area contributed by atoms with E-state index in [0.717, 1.165) is 17.0 Å². The average molecular weight is 283 g/mol. The highest BCUT2D eigenvalue weighted by Gasteiger charge is 2.04. The molecule has 0 amide bonds. The summed E-state index contributed by atoms with van der Waals surface area (Å²) in [5.74, 6) is 1.28. The van der Waals surface area contributed by atoms with Gasteiger partial charge in [-0.3, -0.25) is 0 Å². The van der Waals surface area contributed by atoms with Gasteiger partial charge >= 0.3 is 0 Å². The lowest BCUT2D eigenvalue weighted by molar-refractivity contribution is 0.451. The van der Waals surface area contributed by atoms with Gasteiger partial charge in [-0.15, -0.1) is 5.10 Å². The van der Waals surface area contributed by atoms with E-state index in [2.05, 4.69) is 29.4 Å². The molecule has 0 fully saturated rings. The van der Waals surface area contributed by atoms with Gasteiger partial charge in [-0.2, -0.15) is 5.10 Å². The van der Waals surface area contributed by atoms with Crippen LogP contribution in [0.4, 0.5) is 0 Å². The highest BCUT2D eigenvalue weighted by molar-refractivity contribution is 5.57. The van der Waals surface area contributed by atoms with Crippen LogP contribution in [0.3, 0.4) is 0 Å². The van der Waals surface area contributed by atoms with E-state index in [1.807, 2.05) is 55.5 Å². The van der Waals surface area contributed by atoms with E-state index in [4.69, 9.17) is 4.74 Å². The first-order valence-corrected chi connectivity index (χ1v) is 7.14. The summed E-state index contributed by atoms with van der Waals surface area (Å²) in [6.45, 7) is 6.89. The molecule has 1 N–H and O–H groups in total. The molecule has 0 saturated carbocycles. The fourth-order valence-electron chi connectivity index (χ4n) is 1.81. The van der Waals surface area contributed by atoms with E-state index in [0.29, 0.717) is 18.5 Å². The number of nitrogens with one attached hydrogen (secondary N) is 1. The predicted molar refractivity (Wildman–Crippen MR) is 85.2 cm³/mol. The minimum atomic E-state index is 0.426. The van der Waals surface area contributed by atoms with Gasteiger partial charge in [0.05, 0.1) is 5.69 Å². The monoisotopic (exact) mass is 283 g/mol. The molecular formula is C17H21N3O. The maximum absolute atomic E-state index is 5.80. The van der Waals surface area contributed by atoms with Gasteiger partial charge in [-0.25, -0.2) is 0 Å². The first kappa shape index (κ1) is 15.2. The second-order valence-electron chi connectivity index (χ2n) is 5.04. The lowest BCUT2D eigenvalue weighted by Crippen LogP contribution is -2.22. The van der Waals surface area contributed by atoms with Gasteiger partial charge in [0.1, 0.15) is 5.75 Å². The molecule has 0 spiro atoms. The van der Waals surface area contributed by atoms with Crippen molar-refractivity contribution in [1.29, 1.82) is 0 Å². The first-order valence-electron chi connectivity index (χ1n) is 7.14. The second kappa shape index (κ2) is 7.55. The van der Waals surface area contributed by atoms with Gasteiger partial charge in [-0.1, -0.05) is 44.2 Å². The van der Waals surface area contributed by atoms with Crippen LogP contribution in [0, 0.1) is 0 Å². The Labute approximate surface area is 125 Å². The van der Waals surface area contributed by atoms with Crippen molar-refractivity contribution in [3.05, 3.63) is 53.7 Å². The van der Waals surface area contributed by atoms with Crippen molar-refractivity contribution in [1.82, 2.24) is 15.5 Å². The van der Waals surface area contributed by atoms with E-state index in [1.54, 1.807) is 0 Å². The SMILES string of the molecule is CC=Cc1ccccc1Oc1ccc(CNC(C)C)nn1. The molecule has 0 bridgehead atoms. The molecule has 1 aromatic heterocycles. The number of allylic oxidation sites excluding steroid dienone is 1. The Morgan fingerprint density at radius 2 is 1.95 bits per heavy atom. The molecule has 0 aliphatic heterocycles. The van der Waals surface area contributed by atoms with Gasteiger partial charge in [0.2, 0.25) is 5.88 Å². The summed E-state index contributed by atoms with van der Waals surface area (Å²) in [5, 5.41) is 11.6. The summed E-state index contributed by atoms with van der Waals surface area (Å²) in [5.41, 5.74) is 1.92. The van der Waals surface area contributed by atoms with Crippen LogP contribution in [0.5, 0.6) is 11.6 Å². The summed E-state index contributed by atoms with van der Waals surface area (Å²) in [6.07, 6.45) is 3.98. The number of para-hydroxylation sites is 1. The quantitative estimate of drug-likeness (QED) is 0.876. The van der Waals surface area contributed by atoms with E-state index in [1.165, 1.54) is 0 Å². The fourth-order valence-corrected chi connectivity index (χ4v) is 1.81. The van der Waals surface area contributed by atoms with Crippen LogP contribution >= 0.6 is 0 Å². The van der Waals surface area contributed by atoms with Crippen molar-refractivity contribution in [2.75, 3.05) is 0 Å². The number of benzene rings is 1. The zero-order valence-corrected chi connectivity index (χ0v) is 12.7. The maximum atomic E-state index is 5.80. The molecule has 4 heteroatoms. The van der Waals surface area contributed by atoms with Crippen molar-refractivity contribution < 1.29 is 4.74 Å². The Bertz CT molecular complexity index is 591. The van der Waals surface area contributed by atoms with Gasteiger partial charge in [0, 0.05) is 24.2 Å². The molecule has 0 unspecified atom stereocenters. The summed E-state index contributed by atoms with van der Waals surface area (Å²) in [4.78, 5) is 0. The molecule has 1 aromatic carbocycles. The molecule has 4 nitrogen and oxygen atoms in total. The maximum Gasteiger partial charge on any atom is 0.238 e. The Kier molecular flexibility index (Phi) is 5.46. The predicted octanol–water partition coefficient (Wildman–Crippen LogP) is 3.80. The minimum Gasteiger partial charge on any atom is -0.437 e. The second-order valence-corrected chi connectivity index (χ2v) is 5.04. The Morgan fingerprint density at radius 1 is 1.14 bits per heavy atom. The smallest absolute Gasteiger partial charge is 0.238 e. The average Bonchev–Trinajstić information content (AvgIpc) is 2.49. The van der Waals surface area contributed by atoms with Crippen LogP contribution in [0.1, 0.15) is 32.0 Å².